The molecule has 6 heteroatoms. The number of carbonyl (C=O) groups is 1. The lowest BCUT2D eigenvalue weighted by Crippen LogP contribution is -2.26. The van der Waals surface area contributed by atoms with Crippen LogP contribution in [0.1, 0.15) is 23.2 Å². The van der Waals surface area contributed by atoms with E-state index < -0.39 is 17.3 Å². The van der Waals surface area contributed by atoms with E-state index in [9.17, 15) is 14.0 Å². The van der Waals surface area contributed by atoms with Crippen molar-refractivity contribution in [3.63, 3.8) is 0 Å². The van der Waals surface area contributed by atoms with E-state index in [1.54, 1.807) is 0 Å². The fourth-order valence-corrected chi connectivity index (χ4v) is 1.97. The molecule has 3 rings (SSSR count). The number of carboxylic acid groups (broad SMARTS) is 1. The van der Waals surface area contributed by atoms with Crippen LogP contribution in [0.5, 0.6) is 5.88 Å². The molecule has 2 aromatic rings. The Hall–Kier alpha value is -2.63. The summed E-state index contributed by atoms with van der Waals surface area (Å²) in [7, 11) is 0. The van der Waals surface area contributed by atoms with E-state index in [0.29, 0.717) is 5.69 Å². The average molecular weight is 289 g/mol. The zero-order chi connectivity index (χ0) is 15.0. The van der Waals surface area contributed by atoms with Crippen molar-refractivity contribution in [1.29, 1.82) is 0 Å². The Morgan fingerprint density at radius 3 is 2.43 bits per heavy atom. The zero-order valence-electron chi connectivity index (χ0n) is 11.0. The summed E-state index contributed by atoms with van der Waals surface area (Å²) in [4.78, 5) is 23.4. The normalized spacial score (nSPS) is 14.0. The molecule has 0 bridgehead atoms. The van der Waals surface area contributed by atoms with Crippen LogP contribution in [0, 0.1) is 5.82 Å². The maximum atomic E-state index is 13.0. The second kappa shape index (κ2) is 5.05. The molecule has 0 atom stereocenters. The predicted molar refractivity (Wildman–Crippen MR) is 72.6 cm³/mol. The molecule has 1 aromatic carbocycles. The number of ether oxygens (including phenoxy) is 1. The number of benzene rings is 1. The van der Waals surface area contributed by atoms with Gasteiger partial charge in [-0.25, -0.2) is 13.8 Å². The molecule has 1 fully saturated rings. The molecule has 0 saturated heterocycles. The first kappa shape index (κ1) is 13.4. The number of rotatable bonds is 4. The van der Waals surface area contributed by atoms with Crippen LogP contribution in [-0.2, 0) is 0 Å². The third kappa shape index (κ3) is 2.65. The summed E-state index contributed by atoms with van der Waals surface area (Å²) in [6.07, 6.45) is 1.85. The molecule has 0 aliphatic heterocycles. The van der Waals surface area contributed by atoms with Crippen molar-refractivity contribution in [1.82, 2.24) is 4.57 Å². The minimum absolute atomic E-state index is 0.0479. The summed E-state index contributed by atoms with van der Waals surface area (Å²) in [5.41, 5.74) is -0.699. The molecule has 108 valence electrons. The van der Waals surface area contributed by atoms with E-state index in [0.717, 1.165) is 17.4 Å². The standard InChI is InChI=1S/C15H12FNO4/c16-9-1-3-10(4-2-9)17-13(21-11-5-6-11)8-7-12(14(17)18)15(19)20/h1-4,7-8,11H,5-6H2,(H,19,20). The molecule has 1 aliphatic carbocycles. The van der Waals surface area contributed by atoms with Gasteiger partial charge in [0.2, 0.25) is 5.88 Å². The Bertz CT molecular complexity index is 747. The molecule has 1 N–H and O–H groups in total. The summed E-state index contributed by atoms with van der Waals surface area (Å²) >= 11 is 0. The first-order chi connectivity index (χ1) is 10.1. The number of nitrogens with zero attached hydrogens (tertiary/aromatic N) is 1. The molecule has 0 amide bonds. The Kier molecular flexibility index (Phi) is 3.21. The lowest BCUT2D eigenvalue weighted by Gasteiger charge is -2.14. The zero-order valence-corrected chi connectivity index (χ0v) is 11.0. The molecule has 1 aromatic heterocycles. The number of aromatic carboxylic acids is 1. The highest BCUT2D eigenvalue weighted by Gasteiger charge is 2.26. The van der Waals surface area contributed by atoms with Crippen molar-refractivity contribution in [3.8, 4) is 11.6 Å². The topological polar surface area (TPSA) is 68.5 Å². The largest absolute Gasteiger partial charge is 0.477 e. The molecule has 0 unspecified atom stereocenters. The number of aromatic nitrogens is 1. The second-order valence-electron chi connectivity index (χ2n) is 4.82. The number of hydrogen-bond donors (Lipinski definition) is 1. The van der Waals surface area contributed by atoms with E-state index in [-0.39, 0.29) is 17.5 Å². The van der Waals surface area contributed by atoms with Crippen LogP contribution in [0.15, 0.2) is 41.2 Å². The number of pyridine rings is 1. The monoisotopic (exact) mass is 289 g/mol. The number of halogens is 1. The van der Waals surface area contributed by atoms with Crippen LogP contribution in [0.4, 0.5) is 4.39 Å². The Balaban J connectivity index is 2.17. The molecule has 1 aliphatic rings. The Labute approximate surface area is 119 Å². The first-order valence-electron chi connectivity index (χ1n) is 6.48. The van der Waals surface area contributed by atoms with Crippen molar-refractivity contribution in [2.24, 2.45) is 0 Å². The van der Waals surface area contributed by atoms with Crippen molar-refractivity contribution < 1.29 is 19.0 Å². The van der Waals surface area contributed by atoms with Gasteiger partial charge in [0.25, 0.3) is 5.56 Å². The highest BCUT2D eigenvalue weighted by Crippen LogP contribution is 2.27. The molecule has 0 spiro atoms. The van der Waals surface area contributed by atoms with Gasteiger partial charge in [0, 0.05) is 0 Å². The molecule has 1 saturated carbocycles. The molecule has 0 radical (unpaired) electrons. The van der Waals surface area contributed by atoms with Crippen molar-refractivity contribution in [2.45, 2.75) is 18.9 Å². The third-order valence-corrected chi connectivity index (χ3v) is 3.17. The second-order valence-corrected chi connectivity index (χ2v) is 4.82. The highest BCUT2D eigenvalue weighted by atomic mass is 19.1. The molecule has 21 heavy (non-hydrogen) atoms. The van der Waals surface area contributed by atoms with E-state index >= 15 is 0 Å². The summed E-state index contributed by atoms with van der Waals surface area (Å²) in [6.45, 7) is 0. The van der Waals surface area contributed by atoms with Crippen LogP contribution in [0.2, 0.25) is 0 Å². The van der Waals surface area contributed by atoms with Crippen molar-refractivity contribution in [2.75, 3.05) is 0 Å². The van der Waals surface area contributed by atoms with Gasteiger partial charge in [-0.15, -0.1) is 0 Å². The first-order valence-corrected chi connectivity index (χ1v) is 6.48. The minimum atomic E-state index is -1.31. The van der Waals surface area contributed by atoms with E-state index in [4.69, 9.17) is 9.84 Å². The summed E-state index contributed by atoms with van der Waals surface area (Å²) in [5.74, 6) is -1.49. The highest BCUT2D eigenvalue weighted by molar-refractivity contribution is 5.87. The van der Waals surface area contributed by atoms with E-state index in [1.807, 2.05) is 0 Å². The van der Waals surface area contributed by atoms with Crippen LogP contribution in [-0.4, -0.2) is 21.7 Å². The fraction of sp³-hybridized carbons (Fsp3) is 0.200. The number of carboxylic acids is 1. The lowest BCUT2D eigenvalue weighted by atomic mass is 10.2. The molecular formula is C15H12FNO4. The van der Waals surface area contributed by atoms with Gasteiger partial charge in [0.05, 0.1) is 5.69 Å². The lowest BCUT2D eigenvalue weighted by molar-refractivity contribution is 0.0694. The smallest absolute Gasteiger partial charge is 0.341 e. The fourth-order valence-electron chi connectivity index (χ4n) is 1.97. The molecular weight excluding hydrogens is 277 g/mol. The minimum Gasteiger partial charge on any atom is -0.477 e. The maximum Gasteiger partial charge on any atom is 0.341 e. The van der Waals surface area contributed by atoms with Gasteiger partial charge >= 0.3 is 5.97 Å². The quantitative estimate of drug-likeness (QED) is 0.937. The van der Waals surface area contributed by atoms with Crippen LogP contribution >= 0.6 is 0 Å². The maximum absolute atomic E-state index is 13.0. The molecule has 1 heterocycles. The number of hydrogen-bond acceptors (Lipinski definition) is 3. The average Bonchev–Trinajstić information content (AvgIpc) is 3.24. The SMILES string of the molecule is O=C(O)c1ccc(OC2CC2)n(-c2ccc(F)cc2)c1=O. The van der Waals surface area contributed by atoms with E-state index in [1.165, 1.54) is 36.4 Å². The van der Waals surface area contributed by atoms with Gasteiger partial charge in [0.15, 0.2) is 0 Å². The van der Waals surface area contributed by atoms with Crippen molar-refractivity contribution in [3.05, 3.63) is 58.1 Å². The van der Waals surface area contributed by atoms with E-state index in [2.05, 4.69) is 0 Å². The van der Waals surface area contributed by atoms with Gasteiger partial charge < -0.3 is 9.84 Å². The Morgan fingerprint density at radius 2 is 1.86 bits per heavy atom. The van der Waals surface area contributed by atoms with Crippen LogP contribution < -0.4 is 10.3 Å². The van der Waals surface area contributed by atoms with Gasteiger partial charge in [-0.05, 0) is 49.2 Å². The van der Waals surface area contributed by atoms with Gasteiger partial charge in [-0.2, -0.15) is 0 Å². The van der Waals surface area contributed by atoms with Crippen molar-refractivity contribution >= 4 is 5.97 Å². The predicted octanol–water partition coefficient (Wildman–Crippen LogP) is 2.22. The van der Waals surface area contributed by atoms with Crippen LogP contribution in [0.3, 0.4) is 0 Å². The summed E-state index contributed by atoms with van der Waals surface area (Å²) in [5, 5.41) is 9.05. The van der Waals surface area contributed by atoms with Gasteiger partial charge in [-0.1, -0.05) is 0 Å². The van der Waals surface area contributed by atoms with Gasteiger partial charge in [0.1, 0.15) is 17.5 Å². The summed E-state index contributed by atoms with van der Waals surface area (Å²) < 4.78 is 19.8. The van der Waals surface area contributed by atoms with Gasteiger partial charge in [-0.3, -0.25) is 4.79 Å². The third-order valence-electron chi connectivity index (χ3n) is 3.17. The summed E-state index contributed by atoms with van der Waals surface area (Å²) in [6, 6.07) is 7.89. The molecule has 5 nitrogen and oxygen atoms in total. The Morgan fingerprint density at radius 1 is 1.19 bits per heavy atom. The van der Waals surface area contributed by atoms with Crippen LogP contribution in [0.25, 0.3) is 5.69 Å².